The summed E-state index contributed by atoms with van der Waals surface area (Å²) in [6.07, 6.45) is -0.137. The molecule has 1 aromatic rings. The lowest BCUT2D eigenvalue weighted by Gasteiger charge is -2.23. The van der Waals surface area contributed by atoms with Gasteiger partial charge in [0.15, 0.2) is 0 Å². The number of nitrogens with one attached hydrogen (secondary N) is 2. The van der Waals surface area contributed by atoms with E-state index in [-0.39, 0.29) is 12.1 Å². The Hall–Kier alpha value is -2.12. The van der Waals surface area contributed by atoms with Crippen molar-refractivity contribution in [3.8, 4) is 0 Å². The van der Waals surface area contributed by atoms with Crippen molar-refractivity contribution in [2.24, 2.45) is 0 Å². The van der Waals surface area contributed by atoms with Crippen LogP contribution in [0.1, 0.15) is 15.9 Å². The van der Waals surface area contributed by atoms with E-state index in [4.69, 9.17) is 9.47 Å². The van der Waals surface area contributed by atoms with Gasteiger partial charge < -0.3 is 24.8 Å². The van der Waals surface area contributed by atoms with Crippen LogP contribution in [0.2, 0.25) is 0 Å². The Balaban J connectivity index is 1.91. The van der Waals surface area contributed by atoms with Gasteiger partial charge in [-0.25, -0.2) is 9.59 Å². The molecule has 1 saturated heterocycles. The molecule has 22 heavy (non-hydrogen) atoms. The van der Waals surface area contributed by atoms with Gasteiger partial charge in [0.25, 0.3) is 0 Å². The first kappa shape index (κ1) is 16.3. The lowest BCUT2D eigenvalue weighted by atomic mass is 10.1. The molecule has 0 radical (unpaired) electrons. The molecule has 0 bridgehead atoms. The van der Waals surface area contributed by atoms with Gasteiger partial charge in [-0.3, -0.25) is 0 Å². The van der Waals surface area contributed by atoms with Gasteiger partial charge in [-0.2, -0.15) is 0 Å². The average molecular weight is 308 g/mol. The molecule has 2 amide bonds. The zero-order valence-corrected chi connectivity index (χ0v) is 12.7. The Labute approximate surface area is 128 Å². The summed E-state index contributed by atoms with van der Waals surface area (Å²) in [5, 5.41) is 5.43. The average Bonchev–Trinajstić information content (AvgIpc) is 2.55. The minimum absolute atomic E-state index is 0.137. The van der Waals surface area contributed by atoms with E-state index in [0.29, 0.717) is 37.6 Å². The first-order valence-corrected chi connectivity index (χ1v) is 7.03. The van der Waals surface area contributed by atoms with Crippen molar-refractivity contribution in [1.82, 2.24) is 5.32 Å². The SMILES string of the molecule is COC(=O)c1ccc(C)c(NC(=O)NC[C@@H]2COCCO2)c1. The van der Waals surface area contributed by atoms with Crippen LogP contribution in [0.5, 0.6) is 0 Å². The highest BCUT2D eigenvalue weighted by Crippen LogP contribution is 2.17. The van der Waals surface area contributed by atoms with Crippen molar-refractivity contribution in [3.05, 3.63) is 29.3 Å². The number of amides is 2. The molecule has 1 aliphatic heterocycles. The van der Waals surface area contributed by atoms with E-state index in [1.165, 1.54) is 7.11 Å². The van der Waals surface area contributed by atoms with Crippen molar-refractivity contribution in [1.29, 1.82) is 0 Å². The molecule has 1 aromatic carbocycles. The maximum Gasteiger partial charge on any atom is 0.337 e. The van der Waals surface area contributed by atoms with E-state index in [1.807, 2.05) is 6.92 Å². The van der Waals surface area contributed by atoms with Crippen LogP contribution in [0, 0.1) is 6.92 Å². The fourth-order valence-corrected chi connectivity index (χ4v) is 2.03. The summed E-state index contributed by atoms with van der Waals surface area (Å²) in [6, 6.07) is 4.62. The number of benzene rings is 1. The number of rotatable bonds is 4. The molecule has 1 atom stereocenters. The van der Waals surface area contributed by atoms with Crippen LogP contribution in [-0.4, -0.2) is 51.6 Å². The monoisotopic (exact) mass is 308 g/mol. The highest BCUT2D eigenvalue weighted by Gasteiger charge is 2.16. The molecule has 1 fully saturated rings. The summed E-state index contributed by atoms with van der Waals surface area (Å²) < 4.78 is 15.4. The van der Waals surface area contributed by atoms with Gasteiger partial charge in [0.1, 0.15) is 0 Å². The first-order valence-electron chi connectivity index (χ1n) is 7.03. The van der Waals surface area contributed by atoms with Gasteiger partial charge in [0.2, 0.25) is 0 Å². The second-order valence-electron chi connectivity index (χ2n) is 4.92. The third kappa shape index (κ3) is 4.44. The number of esters is 1. The highest BCUT2D eigenvalue weighted by molar-refractivity contribution is 5.94. The largest absolute Gasteiger partial charge is 0.465 e. The van der Waals surface area contributed by atoms with Crippen LogP contribution in [0.25, 0.3) is 0 Å². The fraction of sp³-hybridized carbons (Fsp3) is 0.467. The molecule has 2 rings (SSSR count). The van der Waals surface area contributed by atoms with Crippen molar-refractivity contribution >= 4 is 17.7 Å². The molecule has 1 heterocycles. The third-order valence-electron chi connectivity index (χ3n) is 3.28. The second kappa shape index (κ2) is 7.77. The number of hydrogen-bond acceptors (Lipinski definition) is 5. The molecular formula is C15H20N2O5. The van der Waals surface area contributed by atoms with Gasteiger partial charge >= 0.3 is 12.0 Å². The number of carbonyl (C=O) groups is 2. The topological polar surface area (TPSA) is 85.9 Å². The summed E-state index contributed by atoms with van der Waals surface area (Å²) >= 11 is 0. The van der Waals surface area contributed by atoms with Crippen molar-refractivity contribution in [2.75, 3.05) is 38.8 Å². The van der Waals surface area contributed by atoms with Gasteiger partial charge in [-0.15, -0.1) is 0 Å². The Morgan fingerprint density at radius 2 is 2.18 bits per heavy atom. The summed E-state index contributed by atoms with van der Waals surface area (Å²) in [7, 11) is 1.31. The van der Waals surface area contributed by atoms with Crippen molar-refractivity contribution < 1.29 is 23.8 Å². The maximum absolute atomic E-state index is 11.9. The number of hydrogen-bond donors (Lipinski definition) is 2. The number of ether oxygens (including phenoxy) is 3. The van der Waals surface area contributed by atoms with Gasteiger partial charge in [-0.05, 0) is 24.6 Å². The number of methoxy groups -OCH3 is 1. The minimum atomic E-state index is -0.448. The summed E-state index contributed by atoms with van der Waals surface area (Å²) in [4.78, 5) is 23.4. The lowest BCUT2D eigenvalue weighted by molar-refractivity contribution is -0.0852. The van der Waals surface area contributed by atoms with Crippen molar-refractivity contribution in [2.45, 2.75) is 13.0 Å². The standard InChI is InChI=1S/C15H20N2O5/c1-10-3-4-11(14(18)20-2)7-13(10)17-15(19)16-8-12-9-21-5-6-22-12/h3-4,7,12H,5-6,8-9H2,1-2H3,(H2,16,17,19)/t12-/m1/s1. The Bertz CT molecular complexity index is 541. The minimum Gasteiger partial charge on any atom is -0.465 e. The van der Waals surface area contributed by atoms with E-state index < -0.39 is 5.97 Å². The van der Waals surface area contributed by atoms with E-state index in [0.717, 1.165) is 5.56 Å². The van der Waals surface area contributed by atoms with E-state index in [1.54, 1.807) is 18.2 Å². The Kier molecular flexibility index (Phi) is 5.74. The molecule has 0 spiro atoms. The van der Waals surface area contributed by atoms with Crippen LogP contribution in [0.4, 0.5) is 10.5 Å². The number of urea groups is 1. The molecule has 0 aliphatic carbocycles. The number of carbonyl (C=O) groups excluding carboxylic acids is 2. The quantitative estimate of drug-likeness (QED) is 0.819. The molecule has 1 aliphatic rings. The Morgan fingerprint density at radius 1 is 1.36 bits per heavy atom. The third-order valence-corrected chi connectivity index (χ3v) is 3.28. The smallest absolute Gasteiger partial charge is 0.337 e. The van der Waals surface area contributed by atoms with E-state index >= 15 is 0 Å². The predicted octanol–water partition coefficient (Wildman–Crippen LogP) is 1.32. The second-order valence-corrected chi connectivity index (χ2v) is 4.92. The lowest BCUT2D eigenvalue weighted by Crippen LogP contribution is -2.41. The normalized spacial score (nSPS) is 17.6. The van der Waals surface area contributed by atoms with Crippen LogP contribution in [-0.2, 0) is 14.2 Å². The predicted molar refractivity (Wildman–Crippen MR) is 80.1 cm³/mol. The zero-order chi connectivity index (χ0) is 15.9. The molecule has 0 saturated carbocycles. The number of anilines is 1. The van der Waals surface area contributed by atoms with Gasteiger partial charge in [0.05, 0.1) is 38.6 Å². The zero-order valence-electron chi connectivity index (χ0n) is 12.7. The highest BCUT2D eigenvalue weighted by atomic mass is 16.6. The van der Waals surface area contributed by atoms with Crippen molar-refractivity contribution in [3.63, 3.8) is 0 Å². The molecule has 2 N–H and O–H groups in total. The molecule has 7 heteroatoms. The molecule has 7 nitrogen and oxygen atoms in total. The van der Waals surface area contributed by atoms with E-state index in [2.05, 4.69) is 15.4 Å². The molecule has 0 aromatic heterocycles. The Morgan fingerprint density at radius 3 is 2.86 bits per heavy atom. The maximum atomic E-state index is 11.9. The molecular weight excluding hydrogens is 288 g/mol. The summed E-state index contributed by atoms with van der Waals surface area (Å²) in [5.74, 6) is -0.448. The van der Waals surface area contributed by atoms with Crippen LogP contribution < -0.4 is 10.6 Å². The van der Waals surface area contributed by atoms with Crippen LogP contribution >= 0.6 is 0 Å². The van der Waals surface area contributed by atoms with Gasteiger partial charge in [0, 0.05) is 12.2 Å². The van der Waals surface area contributed by atoms with E-state index in [9.17, 15) is 9.59 Å². The van der Waals surface area contributed by atoms with Gasteiger partial charge in [-0.1, -0.05) is 6.07 Å². The van der Waals surface area contributed by atoms with Crippen LogP contribution in [0.3, 0.4) is 0 Å². The summed E-state index contributed by atoms with van der Waals surface area (Å²) in [5.41, 5.74) is 1.79. The molecule has 0 unspecified atom stereocenters. The first-order chi connectivity index (χ1) is 10.6. The van der Waals surface area contributed by atoms with Crippen LogP contribution in [0.15, 0.2) is 18.2 Å². The number of aryl methyl sites for hydroxylation is 1. The molecule has 120 valence electrons. The fourth-order valence-electron chi connectivity index (χ4n) is 2.03. The summed E-state index contributed by atoms with van der Waals surface area (Å²) in [6.45, 7) is 3.80.